The summed E-state index contributed by atoms with van der Waals surface area (Å²) in [6.45, 7) is 3.61. The van der Waals surface area contributed by atoms with Crippen LogP contribution in [0.4, 0.5) is 0 Å². The Morgan fingerprint density at radius 2 is 2.40 bits per heavy atom. The van der Waals surface area contributed by atoms with Crippen molar-refractivity contribution in [2.45, 2.75) is 10.8 Å². The molecule has 1 aromatic rings. The van der Waals surface area contributed by atoms with E-state index in [1.165, 1.54) is 11.8 Å². The molecule has 0 fully saturated rings. The summed E-state index contributed by atoms with van der Waals surface area (Å²) in [6.07, 6.45) is 6.25. The Bertz CT molecular complexity index is 219. The molecule has 0 N–H and O–H groups in total. The van der Waals surface area contributed by atoms with Crippen molar-refractivity contribution in [1.29, 1.82) is 0 Å². The lowest BCUT2D eigenvalue weighted by atomic mass is 10.5. The molecule has 0 spiro atoms. The van der Waals surface area contributed by atoms with Crippen LogP contribution in [0.25, 0.3) is 0 Å². The maximum Gasteiger partial charge on any atom is 0.174 e. The molecule has 1 heterocycles. The molecule has 4 heteroatoms. The van der Waals surface area contributed by atoms with Gasteiger partial charge in [-0.2, -0.15) is 0 Å². The van der Waals surface area contributed by atoms with Crippen LogP contribution in [0.15, 0.2) is 17.0 Å². The molecular weight excluding hydrogens is 164 g/mol. The molecule has 0 aliphatic rings. The Balaban J connectivity index is 2.67. The molecule has 0 saturated carbocycles. The van der Waals surface area contributed by atoms with Crippen molar-refractivity contribution in [3.05, 3.63) is 23.9 Å². The van der Waals surface area contributed by atoms with Crippen LogP contribution in [-0.2, 0) is 6.42 Å². The normalized spacial score (nSPS) is 9.70. The first kappa shape index (κ1) is 7.75. The number of allylic oxidation sites excluding steroid dienone is 1. The van der Waals surface area contributed by atoms with Gasteiger partial charge in [0.2, 0.25) is 0 Å². The molecule has 53 valence electrons. The zero-order chi connectivity index (χ0) is 7.40. The third-order valence-corrected chi connectivity index (χ3v) is 2.56. The molecule has 10 heavy (non-hydrogen) atoms. The maximum absolute atomic E-state index is 3.91. The molecule has 0 bridgehead atoms. The van der Waals surface area contributed by atoms with Crippen molar-refractivity contribution in [2.75, 3.05) is 0 Å². The summed E-state index contributed by atoms with van der Waals surface area (Å²) in [5.41, 5.74) is 0. The molecule has 0 atom stereocenters. The van der Waals surface area contributed by atoms with Crippen molar-refractivity contribution >= 4 is 23.1 Å². The summed E-state index contributed by atoms with van der Waals surface area (Å²) in [5, 5.41) is 8.79. The van der Waals surface area contributed by atoms with Crippen LogP contribution in [0.5, 0.6) is 0 Å². The van der Waals surface area contributed by atoms with Gasteiger partial charge < -0.3 is 0 Å². The second-order valence-corrected chi connectivity index (χ2v) is 3.59. The summed E-state index contributed by atoms with van der Waals surface area (Å²) >= 11 is 2.94. The fraction of sp³-hybridized carbons (Fsp3) is 0.167. The van der Waals surface area contributed by atoms with Gasteiger partial charge in [-0.1, -0.05) is 29.2 Å². The van der Waals surface area contributed by atoms with Crippen LogP contribution in [0.1, 0.15) is 5.01 Å². The molecule has 1 aromatic heterocycles. The van der Waals surface area contributed by atoms with Gasteiger partial charge in [-0.3, -0.25) is 0 Å². The topological polar surface area (TPSA) is 25.8 Å². The van der Waals surface area contributed by atoms with Gasteiger partial charge in [0.05, 0.1) is 0 Å². The third kappa shape index (κ3) is 1.82. The SMILES string of the molecule is [CH2]Sc1nnc(CC=C)s1. The predicted molar refractivity (Wildman–Crippen MR) is 45.0 cm³/mol. The van der Waals surface area contributed by atoms with Gasteiger partial charge in [-0.15, -0.1) is 16.8 Å². The number of hydrogen-bond donors (Lipinski definition) is 0. The minimum Gasteiger partial charge on any atom is -0.142 e. The predicted octanol–water partition coefficient (Wildman–Crippen LogP) is 2.15. The van der Waals surface area contributed by atoms with Gasteiger partial charge in [-0.05, 0) is 0 Å². The van der Waals surface area contributed by atoms with E-state index >= 15 is 0 Å². The fourth-order valence-corrected chi connectivity index (χ4v) is 1.69. The molecular formula is C6H7N2S2. The van der Waals surface area contributed by atoms with E-state index in [0.717, 1.165) is 15.8 Å². The summed E-state index contributed by atoms with van der Waals surface area (Å²) < 4.78 is 0.914. The number of rotatable bonds is 3. The largest absolute Gasteiger partial charge is 0.174 e. The zero-order valence-corrected chi connectivity index (χ0v) is 7.04. The monoisotopic (exact) mass is 171 g/mol. The molecule has 1 radical (unpaired) electrons. The van der Waals surface area contributed by atoms with E-state index in [2.05, 4.69) is 23.0 Å². The van der Waals surface area contributed by atoms with E-state index in [-0.39, 0.29) is 0 Å². The van der Waals surface area contributed by atoms with E-state index in [9.17, 15) is 0 Å². The van der Waals surface area contributed by atoms with E-state index in [4.69, 9.17) is 0 Å². The molecule has 0 saturated heterocycles. The minimum atomic E-state index is 0.804. The van der Waals surface area contributed by atoms with E-state index < -0.39 is 0 Å². The highest BCUT2D eigenvalue weighted by atomic mass is 32.2. The Morgan fingerprint density at radius 1 is 1.60 bits per heavy atom. The Labute approximate surface area is 68.4 Å². The lowest BCUT2D eigenvalue weighted by Crippen LogP contribution is -1.76. The smallest absolute Gasteiger partial charge is 0.142 e. The number of hydrogen-bond acceptors (Lipinski definition) is 4. The van der Waals surface area contributed by atoms with E-state index in [1.807, 2.05) is 6.08 Å². The Hall–Kier alpha value is -0.350. The Morgan fingerprint density at radius 3 is 2.90 bits per heavy atom. The van der Waals surface area contributed by atoms with Crippen molar-refractivity contribution < 1.29 is 0 Å². The molecule has 0 amide bonds. The molecule has 2 nitrogen and oxygen atoms in total. The Kier molecular flexibility index (Phi) is 2.89. The first-order valence-electron chi connectivity index (χ1n) is 2.72. The number of aromatic nitrogens is 2. The minimum absolute atomic E-state index is 0.804. The van der Waals surface area contributed by atoms with E-state index in [1.54, 1.807) is 11.3 Å². The summed E-state index contributed by atoms with van der Waals surface area (Å²) in [5.74, 6) is 0. The summed E-state index contributed by atoms with van der Waals surface area (Å²) in [4.78, 5) is 0. The van der Waals surface area contributed by atoms with Gasteiger partial charge in [0.15, 0.2) is 4.34 Å². The molecule has 0 aliphatic carbocycles. The quantitative estimate of drug-likeness (QED) is 0.515. The zero-order valence-electron chi connectivity index (χ0n) is 5.41. The highest BCUT2D eigenvalue weighted by Gasteiger charge is 1.98. The van der Waals surface area contributed by atoms with Crippen LogP contribution in [0.2, 0.25) is 0 Å². The average molecular weight is 171 g/mol. The number of thioether (sulfide) groups is 1. The van der Waals surface area contributed by atoms with Gasteiger partial charge in [0, 0.05) is 12.7 Å². The van der Waals surface area contributed by atoms with Gasteiger partial charge >= 0.3 is 0 Å². The summed E-state index contributed by atoms with van der Waals surface area (Å²) in [6, 6.07) is 0. The van der Waals surface area contributed by atoms with Crippen molar-refractivity contribution in [3.63, 3.8) is 0 Å². The summed E-state index contributed by atoms with van der Waals surface area (Å²) in [7, 11) is 0. The highest BCUT2D eigenvalue weighted by Crippen LogP contribution is 2.20. The molecule has 1 rings (SSSR count). The third-order valence-electron chi connectivity index (χ3n) is 0.891. The number of nitrogens with zero attached hydrogens (tertiary/aromatic N) is 2. The standard InChI is InChI=1S/C6H7N2S2/c1-3-4-5-7-8-6(9-2)10-5/h3H,1-2,4H2. The van der Waals surface area contributed by atoms with E-state index in [0.29, 0.717) is 0 Å². The van der Waals surface area contributed by atoms with Crippen molar-refractivity contribution in [3.8, 4) is 0 Å². The van der Waals surface area contributed by atoms with Crippen LogP contribution >= 0.6 is 23.1 Å². The van der Waals surface area contributed by atoms with Crippen LogP contribution in [0, 0.1) is 6.26 Å². The molecule has 0 aliphatic heterocycles. The van der Waals surface area contributed by atoms with Crippen LogP contribution in [-0.4, -0.2) is 10.2 Å². The lowest BCUT2D eigenvalue weighted by Gasteiger charge is -1.80. The van der Waals surface area contributed by atoms with Crippen molar-refractivity contribution in [2.24, 2.45) is 0 Å². The second-order valence-electron chi connectivity index (χ2n) is 1.60. The van der Waals surface area contributed by atoms with Crippen LogP contribution < -0.4 is 0 Å². The van der Waals surface area contributed by atoms with Gasteiger partial charge in [-0.25, -0.2) is 0 Å². The average Bonchev–Trinajstić information content (AvgIpc) is 2.37. The van der Waals surface area contributed by atoms with Crippen LogP contribution in [0.3, 0.4) is 0 Å². The van der Waals surface area contributed by atoms with Gasteiger partial charge in [0.25, 0.3) is 0 Å². The second kappa shape index (κ2) is 3.73. The first-order valence-corrected chi connectivity index (χ1v) is 4.52. The maximum atomic E-state index is 3.91. The van der Waals surface area contributed by atoms with Crippen molar-refractivity contribution in [1.82, 2.24) is 10.2 Å². The first-order chi connectivity index (χ1) is 4.86. The molecule has 0 aromatic carbocycles. The fourth-order valence-electron chi connectivity index (χ4n) is 0.502. The molecule has 0 unspecified atom stereocenters. The highest BCUT2D eigenvalue weighted by molar-refractivity contribution is 8.02. The van der Waals surface area contributed by atoms with Gasteiger partial charge in [0.1, 0.15) is 5.01 Å². The lowest BCUT2D eigenvalue weighted by molar-refractivity contribution is 0.966.